The summed E-state index contributed by atoms with van der Waals surface area (Å²) in [6, 6.07) is 13.5. The zero-order chi connectivity index (χ0) is 18.3. The number of benzene rings is 2. The van der Waals surface area contributed by atoms with E-state index in [1.165, 1.54) is 0 Å². The lowest BCUT2D eigenvalue weighted by Gasteiger charge is -2.10. The van der Waals surface area contributed by atoms with Gasteiger partial charge in [0.25, 0.3) is 5.91 Å². The fourth-order valence-electron chi connectivity index (χ4n) is 3.22. The molecule has 1 N–H and O–H groups in total. The van der Waals surface area contributed by atoms with Crippen molar-refractivity contribution in [1.82, 2.24) is 4.98 Å². The minimum absolute atomic E-state index is 0.0789. The molecule has 2 unspecified atom stereocenters. The molecule has 4 nitrogen and oxygen atoms in total. The first kappa shape index (κ1) is 16.8. The summed E-state index contributed by atoms with van der Waals surface area (Å²) in [6.45, 7) is 6.14. The zero-order valence-corrected chi connectivity index (χ0v) is 15.8. The highest BCUT2D eigenvalue weighted by molar-refractivity contribution is 7.09. The standard InChI is InChI=1S/C21H20N2O2S/c1-12-13(2)25-20-17(12)8-5-9-18(20)21(24)23-16-7-4-6-15(10-16)19-11-26-14(3)22-19/h4-13H,1-3H3,(H,23,24). The van der Waals surface area contributed by atoms with E-state index in [2.05, 4.69) is 17.2 Å². The number of aryl methyl sites for hydroxylation is 1. The molecule has 2 atom stereocenters. The molecule has 5 heteroatoms. The predicted molar refractivity (Wildman–Crippen MR) is 105 cm³/mol. The van der Waals surface area contributed by atoms with Crippen LogP contribution >= 0.6 is 11.3 Å². The average Bonchev–Trinajstić information content (AvgIpc) is 3.19. The maximum Gasteiger partial charge on any atom is 0.259 e. The lowest BCUT2D eigenvalue weighted by molar-refractivity contribution is 0.102. The van der Waals surface area contributed by atoms with E-state index in [-0.39, 0.29) is 17.9 Å². The number of thiazole rings is 1. The molecule has 2 heterocycles. The first-order chi connectivity index (χ1) is 12.5. The molecule has 26 heavy (non-hydrogen) atoms. The maximum absolute atomic E-state index is 12.8. The predicted octanol–water partition coefficient (Wildman–Crippen LogP) is 5.26. The molecule has 1 aliphatic heterocycles. The Kier molecular flexibility index (Phi) is 4.24. The molecule has 4 rings (SSSR count). The monoisotopic (exact) mass is 364 g/mol. The summed E-state index contributed by atoms with van der Waals surface area (Å²) in [4.78, 5) is 17.3. The molecule has 1 aromatic heterocycles. The third kappa shape index (κ3) is 2.99. The van der Waals surface area contributed by atoms with E-state index in [9.17, 15) is 4.79 Å². The topological polar surface area (TPSA) is 51.2 Å². The second kappa shape index (κ2) is 6.57. The van der Waals surface area contributed by atoms with E-state index in [4.69, 9.17) is 4.74 Å². The molecule has 1 amide bonds. The molecule has 0 bridgehead atoms. The molecule has 1 aliphatic rings. The van der Waals surface area contributed by atoms with Crippen molar-refractivity contribution in [2.45, 2.75) is 32.8 Å². The van der Waals surface area contributed by atoms with Gasteiger partial charge in [-0.05, 0) is 32.0 Å². The Bertz CT molecular complexity index is 980. The molecule has 0 spiro atoms. The van der Waals surface area contributed by atoms with E-state index in [0.29, 0.717) is 11.3 Å². The van der Waals surface area contributed by atoms with E-state index in [1.54, 1.807) is 11.3 Å². The number of carbonyl (C=O) groups excluding carboxylic acids is 1. The van der Waals surface area contributed by atoms with Gasteiger partial charge in [0.15, 0.2) is 0 Å². The number of hydrogen-bond donors (Lipinski definition) is 1. The van der Waals surface area contributed by atoms with Gasteiger partial charge in [-0.25, -0.2) is 4.98 Å². The summed E-state index contributed by atoms with van der Waals surface area (Å²) >= 11 is 1.61. The van der Waals surface area contributed by atoms with Gasteiger partial charge in [-0.15, -0.1) is 11.3 Å². The molecule has 0 saturated heterocycles. The summed E-state index contributed by atoms with van der Waals surface area (Å²) in [5, 5.41) is 6.04. The number of aromatic nitrogens is 1. The third-order valence-electron chi connectivity index (χ3n) is 4.82. The van der Waals surface area contributed by atoms with Crippen LogP contribution in [0, 0.1) is 6.92 Å². The Morgan fingerprint density at radius 2 is 2.00 bits per heavy atom. The number of nitrogens with one attached hydrogen (secondary N) is 1. The summed E-state index contributed by atoms with van der Waals surface area (Å²) in [5.74, 6) is 0.833. The first-order valence-electron chi connectivity index (χ1n) is 8.66. The maximum atomic E-state index is 12.8. The van der Waals surface area contributed by atoms with Crippen molar-refractivity contribution in [3.63, 3.8) is 0 Å². The van der Waals surface area contributed by atoms with Gasteiger partial charge in [0.2, 0.25) is 0 Å². The van der Waals surface area contributed by atoms with Gasteiger partial charge in [0.1, 0.15) is 11.9 Å². The number of nitrogens with zero attached hydrogens (tertiary/aromatic N) is 1. The van der Waals surface area contributed by atoms with E-state index in [1.807, 2.05) is 61.7 Å². The number of hydrogen-bond acceptors (Lipinski definition) is 4. The molecule has 132 valence electrons. The van der Waals surface area contributed by atoms with E-state index in [0.717, 1.165) is 27.5 Å². The van der Waals surface area contributed by atoms with Crippen LogP contribution in [0.25, 0.3) is 11.3 Å². The highest BCUT2D eigenvalue weighted by Gasteiger charge is 2.31. The molecule has 0 fully saturated rings. The fraction of sp³-hybridized carbons (Fsp3) is 0.238. The molecular weight excluding hydrogens is 344 g/mol. The minimum atomic E-state index is -0.158. The van der Waals surface area contributed by atoms with Gasteiger partial charge in [-0.2, -0.15) is 0 Å². The number of rotatable bonds is 3. The van der Waals surface area contributed by atoms with Crippen molar-refractivity contribution < 1.29 is 9.53 Å². The van der Waals surface area contributed by atoms with Crippen LogP contribution in [0.5, 0.6) is 5.75 Å². The van der Waals surface area contributed by atoms with Crippen molar-refractivity contribution in [2.24, 2.45) is 0 Å². The smallest absolute Gasteiger partial charge is 0.259 e. The summed E-state index contributed by atoms with van der Waals surface area (Å²) < 4.78 is 5.94. The summed E-state index contributed by atoms with van der Waals surface area (Å²) in [7, 11) is 0. The van der Waals surface area contributed by atoms with E-state index >= 15 is 0 Å². The Morgan fingerprint density at radius 3 is 2.77 bits per heavy atom. The number of ether oxygens (including phenoxy) is 1. The molecule has 3 aromatic rings. The van der Waals surface area contributed by atoms with Crippen molar-refractivity contribution in [1.29, 1.82) is 0 Å². The van der Waals surface area contributed by atoms with Crippen LogP contribution in [-0.2, 0) is 0 Å². The number of carbonyl (C=O) groups is 1. The van der Waals surface area contributed by atoms with Gasteiger partial charge in [0, 0.05) is 28.1 Å². The van der Waals surface area contributed by atoms with Crippen molar-refractivity contribution >= 4 is 22.9 Å². The molecular formula is C21H20N2O2S. The lowest BCUT2D eigenvalue weighted by atomic mass is 9.97. The quantitative estimate of drug-likeness (QED) is 0.690. The number of fused-ring (bicyclic) bond motifs is 1. The Balaban J connectivity index is 1.60. The lowest BCUT2D eigenvalue weighted by Crippen LogP contribution is -2.14. The number of anilines is 1. The number of para-hydroxylation sites is 1. The minimum Gasteiger partial charge on any atom is -0.489 e. The van der Waals surface area contributed by atoms with Gasteiger partial charge < -0.3 is 10.1 Å². The van der Waals surface area contributed by atoms with Crippen LogP contribution in [0.15, 0.2) is 47.8 Å². The Morgan fingerprint density at radius 1 is 1.19 bits per heavy atom. The summed E-state index contributed by atoms with van der Waals surface area (Å²) in [5.41, 5.74) is 4.33. The van der Waals surface area contributed by atoms with Crippen LogP contribution in [0.3, 0.4) is 0 Å². The largest absolute Gasteiger partial charge is 0.489 e. The Labute approximate surface area is 156 Å². The van der Waals surface area contributed by atoms with Crippen LogP contribution in [0.1, 0.15) is 40.7 Å². The highest BCUT2D eigenvalue weighted by Crippen LogP contribution is 2.40. The highest BCUT2D eigenvalue weighted by atomic mass is 32.1. The van der Waals surface area contributed by atoms with Crippen LogP contribution in [-0.4, -0.2) is 17.0 Å². The SMILES string of the molecule is Cc1nc(-c2cccc(NC(=O)c3cccc4c3OC(C)C4C)c2)cs1. The van der Waals surface area contributed by atoms with Gasteiger partial charge in [0.05, 0.1) is 16.3 Å². The van der Waals surface area contributed by atoms with Crippen LogP contribution < -0.4 is 10.1 Å². The van der Waals surface area contributed by atoms with Gasteiger partial charge in [-0.1, -0.05) is 31.2 Å². The second-order valence-electron chi connectivity index (χ2n) is 6.62. The molecule has 0 aliphatic carbocycles. The van der Waals surface area contributed by atoms with Crippen molar-refractivity contribution in [3.8, 4) is 17.0 Å². The third-order valence-corrected chi connectivity index (χ3v) is 5.60. The van der Waals surface area contributed by atoms with Gasteiger partial charge >= 0.3 is 0 Å². The Hall–Kier alpha value is -2.66. The average molecular weight is 364 g/mol. The zero-order valence-electron chi connectivity index (χ0n) is 14.9. The second-order valence-corrected chi connectivity index (χ2v) is 7.68. The van der Waals surface area contributed by atoms with Crippen molar-refractivity contribution in [2.75, 3.05) is 5.32 Å². The summed E-state index contributed by atoms with van der Waals surface area (Å²) in [6.07, 6.45) is 0.0789. The van der Waals surface area contributed by atoms with Crippen LogP contribution in [0.4, 0.5) is 5.69 Å². The molecule has 0 radical (unpaired) electrons. The van der Waals surface area contributed by atoms with Crippen LogP contribution in [0.2, 0.25) is 0 Å². The molecule has 0 saturated carbocycles. The fourth-order valence-corrected chi connectivity index (χ4v) is 3.84. The van der Waals surface area contributed by atoms with Gasteiger partial charge in [-0.3, -0.25) is 4.79 Å². The molecule has 2 aromatic carbocycles. The van der Waals surface area contributed by atoms with Crippen molar-refractivity contribution in [3.05, 3.63) is 64.0 Å². The normalized spacial score (nSPS) is 18.3. The number of amides is 1. The van der Waals surface area contributed by atoms with E-state index < -0.39 is 0 Å². The first-order valence-corrected chi connectivity index (χ1v) is 9.54.